The van der Waals surface area contributed by atoms with Gasteiger partial charge in [-0.2, -0.15) is 149 Å². The Morgan fingerprint density at radius 2 is 0.812 bits per heavy atom. The monoisotopic (exact) mass is 1110 g/mol. The standard InChI is InChI=1S/C25H11BF34N2O7/c27-10(16(35,36)37,65-24(57,58)14(33,20(47,48)49)67-22(53,54)12(29,30)18(41,42)43)6-2-1-3-7(26(64)69-62-8(63)4-5-61)9(6)11(28,17(38,39)40)66-25(59,60)15(34,21(50,51)52)68-23(55,56)13(31,32)19(44,45)46/h1-3,64H,4-5,61H2,(H,62,63). The van der Waals surface area contributed by atoms with Crippen LogP contribution >= 0.6 is 0 Å². The Labute approximate surface area is 352 Å². The minimum Gasteiger partial charge on any atom is -0.422 e. The fourth-order valence-corrected chi connectivity index (χ4v) is 4.15. The summed E-state index contributed by atoms with van der Waals surface area (Å²) in [4.78, 5) is 11.6. The van der Waals surface area contributed by atoms with Crippen molar-refractivity contribution in [3.63, 3.8) is 0 Å². The molecule has 4 N–H and O–H groups in total. The Balaban J connectivity index is 4.81. The molecular weight excluding hydrogens is 1100 g/mol. The zero-order valence-electron chi connectivity index (χ0n) is 30.5. The Morgan fingerprint density at radius 1 is 0.478 bits per heavy atom. The molecule has 0 aliphatic carbocycles. The molecule has 4 unspecified atom stereocenters. The van der Waals surface area contributed by atoms with Crippen LogP contribution in [0.2, 0.25) is 0 Å². The SMILES string of the molecule is NCCC(=O)NOB(O)c1cccc(C(F)(OC(F)(F)C(F)(OC(F)(F)C(F)(F)C(F)(F)F)C(F)(F)F)C(F)(F)F)c1C(F)(OC(F)(F)C(F)(OC(F)(F)C(F)(F)C(F)(F)F)C(F)(F)F)C(F)(F)F. The minimum atomic E-state index is -9.08. The van der Waals surface area contributed by atoms with E-state index in [-0.39, 0.29) is 0 Å². The topological polar surface area (TPSA) is 122 Å². The van der Waals surface area contributed by atoms with Crippen LogP contribution in [0.25, 0.3) is 0 Å². The molecule has 0 bridgehead atoms. The minimum absolute atomic E-state index is 0.644. The molecule has 0 saturated carbocycles. The van der Waals surface area contributed by atoms with Crippen molar-refractivity contribution in [3.05, 3.63) is 29.3 Å². The van der Waals surface area contributed by atoms with Crippen LogP contribution in [0.5, 0.6) is 0 Å². The highest BCUT2D eigenvalue weighted by Crippen LogP contribution is 2.62. The highest BCUT2D eigenvalue weighted by molar-refractivity contribution is 6.60. The van der Waals surface area contributed by atoms with Crippen molar-refractivity contribution < 1.29 is 183 Å². The molecule has 1 amide bonds. The zero-order valence-corrected chi connectivity index (χ0v) is 30.5. The first-order valence-corrected chi connectivity index (χ1v) is 15.5. The number of hydrogen-bond donors (Lipinski definition) is 3. The summed E-state index contributed by atoms with van der Waals surface area (Å²) in [7, 11) is -4.51. The van der Waals surface area contributed by atoms with E-state index in [0.717, 1.165) is 9.47 Å². The van der Waals surface area contributed by atoms with Crippen molar-refractivity contribution in [2.75, 3.05) is 6.54 Å². The van der Waals surface area contributed by atoms with Crippen molar-refractivity contribution in [3.8, 4) is 0 Å². The van der Waals surface area contributed by atoms with Gasteiger partial charge < -0.3 is 10.8 Å². The van der Waals surface area contributed by atoms with Crippen LogP contribution in [0.3, 0.4) is 0 Å². The first-order valence-electron chi connectivity index (χ1n) is 15.5. The van der Waals surface area contributed by atoms with Crippen molar-refractivity contribution in [2.45, 2.75) is 103 Å². The summed E-state index contributed by atoms with van der Waals surface area (Å²) in [6, 6.07) is -3.81. The van der Waals surface area contributed by atoms with Gasteiger partial charge in [0, 0.05) is 24.1 Å². The van der Waals surface area contributed by atoms with Gasteiger partial charge in [0.1, 0.15) is 0 Å². The number of alkyl halides is 34. The van der Waals surface area contributed by atoms with Crippen LogP contribution < -0.4 is 16.7 Å². The van der Waals surface area contributed by atoms with E-state index >= 15 is 17.6 Å². The molecule has 9 nitrogen and oxygen atoms in total. The predicted octanol–water partition coefficient (Wildman–Crippen LogP) is 9.43. The van der Waals surface area contributed by atoms with Crippen LogP contribution in [-0.4, -0.2) is 110 Å². The lowest BCUT2D eigenvalue weighted by atomic mass is 9.72. The van der Waals surface area contributed by atoms with Crippen LogP contribution in [0.4, 0.5) is 149 Å². The first-order chi connectivity index (χ1) is 29.8. The number of benzene rings is 1. The Kier molecular flexibility index (Phi) is 16.7. The van der Waals surface area contributed by atoms with Gasteiger partial charge in [0.2, 0.25) is 5.91 Å². The molecule has 0 aliphatic heterocycles. The molecule has 0 aliphatic rings. The van der Waals surface area contributed by atoms with Crippen molar-refractivity contribution in [2.24, 2.45) is 5.73 Å². The fourth-order valence-electron chi connectivity index (χ4n) is 4.15. The summed E-state index contributed by atoms with van der Waals surface area (Å²) >= 11 is 0. The summed E-state index contributed by atoms with van der Waals surface area (Å²) in [6.45, 7) is -0.949. The summed E-state index contributed by atoms with van der Waals surface area (Å²) in [5.74, 6) is -53.9. The number of carbonyl (C=O) groups is 1. The fraction of sp³-hybridized carbons (Fsp3) is 0.720. The van der Waals surface area contributed by atoms with Crippen molar-refractivity contribution in [1.82, 2.24) is 5.48 Å². The molecule has 44 heteroatoms. The van der Waals surface area contributed by atoms with E-state index in [4.69, 9.17) is 5.73 Å². The number of rotatable bonds is 19. The highest BCUT2D eigenvalue weighted by Gasteiger charge is 2.88. The molecule has 0 heterocycles. The van der Waals surface area contributed by atoms with E-state index in [1.807, 2.05) is 0 Å². The second-order valence-corrected chi connectivity index (χ2v) is 12.3. The van der Waals surface area contributed by atoms with E-state index in [1.165, 1.54) is 0 Å². The second-order valence-electron chi connectivity index (χ2n) is 12.3. The van der Waals surface area contributed by atoms with Gasteiger partial charge in [-0.1, -0.05) is 18.2 Å². The third-order valence-corrected chi connectivity index (χ3v) is 7.41. The molecule has 0 aromatic heterocycles. The summed E-state index contributed by atoms with van der Waals surface area (Å²) < 4.78 is 483. The van der Waals surface area contributed by atoms with Crippen LogP contribution in [0, 0.1) is 0 Å². The quantitative estimate of drug-likeness (QED) is 0.0713. The lowest BCUT2D eigenvalue weighted by Crippen LogP contribution is -2.68. The smallest absolute Gasteiger partial charge is 0.422 e. The lowest BCUT2D eigenvalue weighted by molar-refractivity contribution is -0.556. The van der Waals surface area contributed by atoms with E-state index in [9.17, 15) is 142 Å². The molecule has 0 radical (unpaired) electrons. The molecule has 1 aromatic rings. The number of ether oxygens (including phenoxy) is 4. The Bertz CT molecular complexity index is 1970. The van der Waals surface area contributed by atoms with Gasteiger partial charge in [-0.15, -0.1) is 0 Å². The van der Waals surface area contributed by atoms with Gasteiger partial charge in [-0.3, -0.25) is 28.5 Å². The number of hydroxylamine groups is 1. The first kappa shape index (κ1) is 63.1. The summed E-state index contributed by atoms with van der Waals surface area (Å²) in [5, 5.41) is 10.1. The molecule has 0 spiro atoms. The van der Waals surface area contributed by atoms with E-state index in [0.29, 0.717) is 5.48 Å². The number of carbonyl (C=O) groups excluding carboxylic acids is 1. The Morgan fingerprint density at radius 3 is 1.10 bits per heavy atom. The average Bonchev–Trinajstić information content (AvgIpc) is 3.09. The molecule has 0 saturated heterocycles. The second kappa shape index (κ2) is 18.3. The summed E-state index contributed by atoms with van der Waals surface area (Å²) in [6.07, 6.45) is -87.6. The van der Waals surface area contributed by atoms with Gasteiger partial charge in [0.05, 0.1) is 0 Å². The van der Waals surface area contributed by atoms with Crippen LogP contribution in [0.15, 0.2) is 18.2 Å². The van der Waals surface area contributed by atoms with Crippen molar-refractivity contribution in [1.29, 1.82) is 0 Å². The molecule has 404 valence electrons. The number of amides is 1. The van der Waals surface area contributed by atoms with E-state index in [1.54, 1.807) is 9.47 Å². The Hall–Kier alpha value is -3.91. The van der Waals surface area contributed by atoms with Gasteiger partial charge in [-0.25, -0.2) is 5.48 Å². The third-order valence-electron chi connectivity index (χ3n) is 7.41. The molecule has 0 fully saturated rings. The number of halogens is 34. The van der Waals surface area contributed by atoms with Gasteiger partial charge in [0.15, 0.2) is 0 Å². The normalized spacial score (nSPS) is 18.5. The molecule has 1 rings (SSSR count). The van der Waals surface area contributed by atoms with Crippen LogP contribution in [0.1, 0.15) is 17.5 Å². The van der Waals surface area contributed by atoms with E-state index in [2.05, 4.69) is 4.76 Å². The maximum atomic E-state index is 16.4. The van der Waals surface area contributed by atoms with Gasteiger partial charge in [0.25, 0.3) is 0 Å². The average molecular weight is 1110 g/mol. The molecule has 69 heavy (non-hydrogen) atoms. The molecule has 4 atom stereocenters. The maximum Gasteiger partial charge on any atom is 0.514 e. The summed E-state index contributed by atoms with van der Waals surface area (Å²) in [5.41, 5.74) is -7.65. The van der Waals surface area contributed by atoms with Gasteiger partial charge >= 0.3 is 104 Å². The largest absolute Gasteiger partial charge is 0.514 e. The predicted molar refractivity (Wildman–Crippen MR) is 141 cm³/mol. The number of nitrogens with one attached hydrogen (secondary N) is 1. The molecule has 1 aromatic carbocycles. The molecular formula is C25H11BF34N2O7. The third kappa shape index (κ3) is 11.3. The van der Waals surface area contributed by atoms with Crippen molar-refractivity contribution >= 4 is 18.5 Å². The maximum absolute atomic E-state index is 16.4. The van der Waals surface area contributed by atoms with E-state index < -0.39 is 158 Å². The van der Waals surface area contributed by atoms with Crippen LogP contribution in [-0.2, 0) is 40.2 Å². The van der Waals surface area contributed by atoms with Gasteiger partial charge in [-0.05, 0) is 5.46 Å². The number of nitrogens with two attached hydrogens (primary N) is 1. The lowest BCUT2D eigenvalue weighted by Gasteiger charge is -2.43. The number of hydrogen-bond acceptors (Lipinski definition) is 8. The highest BCUT2D eigenvalue weighted by atomic mass is 19.5. The zero-order chi connectivity index (χ0) is 55.7.